The number of anilines is 1. The van der Waals surface area contributed by atoms with Gasteiger partial charge in [0, 0.05) is 23.6 Å². The number of carbonyl (C=O) groups excluding carboxylic acids is 1. The fourth-order valence-corrected chi connectivity index (χ4v) is 3.58. The van der Waals surface area contributed by atoms with Gasteiger partial charge in [0.05, 0.1) is 18.9 Å². The second-order valence-corrected chi connectivity index (χ2v) is 7.03. The van der Waals surface area contributed by atoms with Gasteiger partial charge in [0.2, 0.25) is 5.91 Å². The largest absolute Gasteiger partial charge is 0.493 e. The summed E-state index contributed by atoms with van der Waals surface area (Å²) in [6, 6.07) is 15.6. The fourth-order valence-electron chi connectivity index (χ4n) is 3.58. The van der Waals surface area contributed by atoms with Crippen LogP contribution < -0.4 is 14.8 Å². The van der Waals surface area contributed by atoms with Crippen molar-refractivity contribution in [1.82, 2.24) is 9.55 Å². The highest BCUT2D eigenvalue weighted by molar-refractivity contribution is 5.94. The molecule has 0 saturated carbocycles. The van der Waals surface area contributed by atoms with Crippen molar-refractivity contribution in [2.45, 2.75) is 32.3 Å². The molecule has 1 amide bonds. The van der Waals surface area contributed by atoms with Gasteiger partial charge in [0.1, 0.15) is 12.1 Å². The van der Waals surface area contributed by atoms with E-state index in [1.165, 1.54) is 0 Å². The Morgan fingerprint density at radius 3 is 2.64 bits per heavy atom. The van der Waals surface area contributed by atoms with Gasteiger partial charge >= 0.3 is 0 Å². The van der Waals surface area contributed by atoms with E-state index in [9.17, 15) is 4.79 Å². The molecule has 0 fully saturated rings. The van der Waals surface area contributed by atoms with E-state index in [1.54, 1.807) is 13.4 Å². The molecule has 0 unspecified atom stereocenters. The molecule has 1 N–H and O–H groups in total. The van der Waals surface area contributed by atoms with Crippen molar-refractivity contribution in [2.24, 2.45) is 0 Å². The van der Waals surface area contributed by atoms with Crippen LogP contribution in [0.1, 0.15) is 37.4 Å². The van der Waals surface area contributed by atoms with Gasteiger partial charge in [-0.1, -0.05) is 30.3 Å². The molecule has 1 atom stereocenters. The number of fused-ring (bicyclic) bond motifs is 1. The second-order valence-electron chi connectivity index (χ2n) is 7.03. The number of amides is 1. The molecule has 144 valence electrons. The Labute approximate surface area is 164 Å². The lowest BCUT2D eigenvalue weighted by Crippen LogP contribution is -2.25. The molecule has 3 aromatic rings. The maximum atomic E-state index is 12.6. The SMILES string of the molecule is COc1cccc([C@H]2CC(=O)Nc3c2ncn3-c2ccccc2)c1OC(C)C. The summed E-state index contributed by atoms with van der Waals surface area (Å²) in [6.07, 6.45) is 2.04. The third kappa shape index (κ3) is 3.22. The smallest absolute Gasteiger partial charge is 0.226 e. The molecule has 0 saturated heterocycles. The quantitative estimate of drug-likeness (QED) is 0.726. The maximum Gasteiger partial charge on any atom is 0.226 e. The number of ether oxygens (including phenoxy) is 2. The molecule has 0 radical (unpaired) electrons. The number of rotatable bonds is 5. The van der Waals surface area contributed by atoms with Crippen LogP contribution >= 0.6 is 0 Å². The summed E-state index contributed by atoms with van der Waals surface area (Å²) in [5.74, 6) is 1.76. The van der Waals surface area contributed by atoms with E-state index in [4.69, 9.17) is 9.47 Å². The number of aromatic nitrogens is 2. The standard InChI is InChI=1S/C22H23N3O3/c1-14(2)28-21-16(10-7-11-18(21)27-3)17-12-19(26)24-22-20(17)23-13-25(22)15-8-5-4-6-9-15/h4-11,13-14,17H,12H2,1-3H3,(H,24,26)/t17-/m1/s1. The lowest BCUT2D eigenvalue weighted by Gasteiger charge is -2.26. The molecule has 0 spiro atoms. The number of nitrogens with zero attached hydrogens (tertiary/aromatic N) is 2. The zero-order valence-corrected chi connectivity index (χ0v) is 16.2. The topological polar surface area (TPSA) is 65.4 Å². The Kier molecular flexibility index (Phi) is 4.77. The highest BCUT2D eigenvalue weighted by Crippen LogP contribution is 2.44. The van der Waals surface area contributed by atoms with Gasteiger partial charge in [-0.25, -0.2) is 4.98 Å². The van der Waals surface area contributed by atoms with E-state index in [2.05, 4.69) is 10.3 Å². The molecule has 2 heterocycles. The molecule has 6 nitrogen and oxygen atoms in total. The summed E-state index contributed by atoms with van der Waals surface area (Å²) >= 11 is 0. The van der Waals surface area contributed by atoms with Crippen LogP contribution in [-0.2, 0) is 4.79 Å². The number of hydrogen-bond donors (Lipinski definition) is 1. The minimum atomic E-state index is -0.211. The number of nitrogens with one attached hydrogen (secondary N) is 1. The monoisotopic (exact) mass is 377 g/mol. The van der Waals surface area contributed by atoms with Crippen LogP contribution in [0.25, 0.3) is 5.69 Å². The first kappa shape index (κ1) is 18.1. The number of hydrogen-bond acceptors (Lipinski definition) is 4. The van der Waals surface area contributed by atoms with Crippen LogP contribution in [-0.4, -0.2) is 28.7 Å². The van der Waals surface area contributed by atoms with Crippen molar-refractivity contribution in [3.63, 3.8) is 0 Å². The van der Waals surface area contributed by atoms with E-state index in [-0.39, 0.29) is 17.9 Å². The summed E-state index contributed by atoms with van der Waals surface area (Å²) < 4.78 is 13.5. The van der Waals surface area contributed by atoms with Gasteiger partial charge in [-0.05, 0) is 32.0 Å². The Balaban J connectivity index is 1.84. The van der Waals surface area contributed by atoms with Crippen molar-refractivity contribution in [1.29, 1.82) is 0 Å². The number of imidazole rings is 1. The van der Waals surface area contributed by atoms with Gasteiger partial charge in [0.25, 0.3) is 0 Å². The zero-order chi connectivity index (χ0) is 19.7. The molecule has 28 heavy (non-hydrogen) atoms. The average molecular weight is 377 g/mol. The van der Waals surface area contributed by atoms with Gasteiger partial charge in [0.15, 0.2) is 11.5 Å². The zero-order valence-electron chi connectivity index (χ0n) is 16.2. The van der Waals surface area contributed by atoms with Crippen molar-refractivity contribution < 1.29 is 14.3 Å². The summed E-state index contributed by atoms with van der Waals surface area (Å²) in [7, 11) is 1.62. The molecule has 0 bridgehead atoms. The van der Waals surface area contributed by atoms with E-state index in [1.807, 2.05) is 66.9 Å². The highest BCUT2D eigenvalue weighted by atomic mass is 16.5. The van der Waals surface area contributed by atoms with E-state index in [0.717, 1.165) is 16.9 Å². The van der Waals surface area contributed by atoms with Crippen LogP contribution in [0.3, 0.4) is 0 Å². The minimum Gasteiger partial charge on any atom is -0.493 e. The lowest BCUT2D eigenvalue weighted by molar-refractivity contribution is -0.116. The van der Waals surface area contributed by atoms with Crippen molar-refractivity contribution >= 4 is 11.7 Å². The van der Waals surface area contributed by atoms with E-state index < -0.39 is 0 Å². The molecule has 6 heteroatoms. The van der Waals surface area contributed by atoms with Gasteiger partial charge in [-0.15, -0.1) is 0 Å². The number of benzene rings is 2. The Hall–Kier alpha value is -3.28. The molecule has 1 aliphatic heterocycles. The summed E-state index contributed by atoms with van der Waals surface area (Å²) in [4.78, 5) is 17.2. The Morgan fingerprint density at radius 1 is 1.14 bits per heavy atom. The highest BCUT2D eigenvalue weighted by Gasteiger charge is 2.33. The Bertz CT molecular complexity index is 996. The van der Waals surface area contributed by atoms with E-state index in [0.29, 0.717) is 23.7 Å². The van der Waals surface area contributed by atoms with Gasteiger partial charge in [-0.3, -0.25) is 9.36 Å². The number of para-hydroxylation sites is 2. The third-order valence-corrected chi connectivity index (χ3v) is 4.77. The molecule has 1 aliphatic rings. The predicted molar refractivity (Wildman–Crippen MR) is 107 cm³/mol. The summed E-state index contributed by atoms with van der Waals surface area (Å²) in [5.41, 5.74) is 2.68. The van der Waals surface area contributed by atoms with Crippen LogP contribution in [0.5, 0.6) is 11.5 Å². The van der Waals surface area contributed by atoms with Gasteiger partial charge in [-0.2, -0.15) is 0 Å². The van der Waals surface area contributed by atoms with Crippen molar-refractivity contribution in [3.05, 3.63) is 66.1 Å². The summed E-state index contributed by atoms with van der Waals surface area (Å²) in [5, 5.41) is 2.99. The van der Waals surface area contributed by atoms with E-state index >= 15 is 0 Å². The molecule has 0 aliphatic carbocycles. The minimum absolute atomic E-state index is 0.0196. The maximum absolute atomic E-state index is 12.6. The second kappa shape index (κ2) is 7.38. The van der Waals surface area contributed by atoms with Crippen LogP contribution in [0, 0.1) is 0 Å². The Morgan fingerprint density at radius 2 is 1.93 bits per heavy atom. The normalized spacial score (nSPS) is 15.9. The first-order valence-corrected chi connectivity index (χ1v) is 9.34. The molecule has 1 aromatic heterocycles. The van der Waals surface area contributed by atoms with Crippen molar-refractivity contribution in [3.8, 4) is 17.2 Å². The molecule has 4 rings (SSSR count). The number of carbonyl (C=O) groups is 1. The first-order valence-electron chi connectivity index (χ1n) is 9.34. The lowest BCUT2D eigenvalue weighted by atomic mass is 9.89. The van der Waals surface area contributed by atoms with Crippen LogP contribution in [0.15, 0.2) is 54.9 Å². The van der Waals surface area contributed by atoms with Gasteiger partial charge < -0.3 is 14.8 Å². The first-order chi connectivity index (χ1) is 13.6. The molecular formula is C22H23N3O3. The molecular weight excluding hydrogens is 354 g/mol. The summed E-state index contributed by atoms with van der Waals surface area (Å²) in [6.45, 7) is 3.94. The van der Waals surface area contributed by atoms with Crippen LogP contribution in [0.4, 0.5) is 5.82 Å². The fraction of sp³-hybridized carbons (Fsp3) is 0.273. The number of methoxy groups -OCH3 is 1. The van der Waals surface area contributed by atoms with Crippen molar-refractivity contribution in [2.75, 3.05) is 12.4 Å². The average Bonchev–Trinajstić information content (AvgIpc) is 3.11. The molecule has 2 aromatic carbocycles. The predicted octanol–water partition coefficient (Wildman–Crippen LogP) is 4.14. The van der Waals surface area contributed by atoms with Crippen LogP contribution in [0.2, 0.25) is 0 Å². The third-order valence-electron chi connectivity index (χ3n) is 4.77.